The maximum Gasteiger partial charge on any atom is 0.325 e. The molecular weight excluding hydrogens is 210 g/mol. The minimum Gasteiger partial charge on any atom is -0.480 e. The molecule has 0 aliphatic carbocycles. The van der Waals surface area contributed by atoms with Crippen LogP contribution in [-0.4, -0.2) is 36.3 Å². The van der Waals surface area contributed by atoms with E-state index in [1.165, 1.54) is 4.68 Å². The van der Waals surface area contributed by atoms with Crippen LogP contribution in [0.15, 0.2) is 24.4 Å². The van der Waals surface area contributed by atoms with E-state index >= 15 is 0 Å². The number of carboxylic acid groups (broad SMARTS) is 1. The molecule has 0 radical (unpaired) electrons. The van der Waals surface area contributed by atoms with E-state index in [9.17, 15) is 4.79 Å². The fraction of sp³-hybridized carbons (Fsp3) is 0.222. The van der Waals surface area contributed by atoms with Crippen LogP contribution in [0.3, 0.4) is 0 Å². The summed E-state index contributed by atoms with van der Waals surface area (Å²) in [6.07, 6.45) is 2.09. The molecule has 0 amide bonds. The molecule has 0 saturated carbocycles. The van der Waals surface area contributed by atoms with Gasteiger partial charge in [-0.25, -0.2) is 4.68 Å². The topological polar surface area (TPSA) is 93.8 Å². The van der Waals surface area contributed by atoms with Crippen LogP contribution < -0.4 is 0 Å². The van der Waals surface area contributed by atoms with Gasteiger partial charge in [0.25, 0.3) is 0 Å². The quantitative estimate of drug-likeness (QED) is 0.761. The van der Waals surface area contributed by atoms with Crippen LogP contribution in [0, 0.1) is 0 Å². The Hall–Kier alpha value is -2.31. The molecule has 82 valence electrons. The normalized spacial score (nSPS) is 10.2. The molecule has 2 aromatic heterocycles. The average Bonchev–Trinajstić information content (AvgIpc) is 2.66. The number of aromatic nitrogens is 5. The first kappa shape index (κ1) is 10.2. The van der Waals surface area contributed by atoms with Gasteiger partial charge in [-0.2, -0.15) is 0 Å². The van der Waals surface area contributed by atoms with Gasteiger partial charge < -0.3 is 5.11 Å². The summed E-state index contributed by atoms with van der Waals surface area (Å²) in [5, 5.41) is 19.4. The van der Waals surface area contributed by atoms with E-state index in [-0.39, 0.29) is 6.54 Å². The van der Waals surface area contributed by atoms with Crippen LogP contribution in [0.4, 0.5) is 0 Å². The Morgan fingerprint density at radius 2 is 2.31 bits per heavy atom. The van der Waals surface area contributed by atoms with Gasteiger partial charge in [0.15, 0.2) is 5.82 Å². The molecule has 0 saturated heterocycles. The van der Waals surface area contributed by atoms with Crippen molar-refractivity contribution >= 4 is 5.97 Å². The zero-order chi connectivity index (χ0) is 11.4. The standard InChI is InChI=1S/C9H9N5O2/c15-9(16)6-14-8(11-12-13-14)5-7-3-1-2-4-10-7/h1-4H,5-6H2,(H,15,16). The second-order valence-corrected chi connectivity index (χ2v) is 3.14. The van der Waals surface area contributed by atoms with Crippen molar-refractivity contribution < 1.29 is 9.90 Å². The second-order valence-electron chi connectivity index (χ2n) is 3.14. The number of carbonyl (C=O) groups is 1. The van der Waals surface area contributed by atoms with Crippen molar-refractivity contribution in [2.45, 2.75) is 13.0 Å². The maximum atomic E-state index is 10.5. The van der Waals surface area contributed by atoms with Gasteiger partial charge in [-0.05, 0) is 22.6 Å². The average molecular weight is 219 g/mol. The van der Waals surface area contributed by atoms with Crippen molar-refractivity contribution in [3.05, 3.63) is 35.9 Å². The third kappa shape index (κ3) is 2.38. The van der Waals surface area contributed by atoms with Gasteiger partial charge in [0.05, 0.1) is 6.42 Å². The lowest BCUT2D eigenvalue weighted by Crippen LogP contribution is -2.14. The monoisotopic (exact) mass is 219 g/mol. The van der Waals surface area contributed by atoms with Crippen molar-refractivity contribution in [1.29, 1.82) is 0 Å². The van der Waals surface area contributed by atoms with Crippen LogP contribution in [-0.2, 0) is 17.8 Å². The number of carboxylic acids is 1. The molecule has 2 rings (SSSR count). The second kappa shape index (κ2) is 4.47. The van der Waals surface area contributed by atoms with E-state index in [2.05, 4.69) is 20.5 Å². The van der Waals surface area contributed by atoms with Crippen LogP contribution in [0.1, 0.15) is 11.5 Å². The summed E-state index contributed by atoms with van der Waals surface area (Å²) < 4.78 is 1.25. The van der Waals surface area contributed by atoms with E-state index in [0.29, 0.717) is 12.2 Å². The van der Waals surface area contributed by atoms with Crippen molar-refractivity contribution in [1.82, 2.24) is 25.2 Å². The third-order valence-electron chi connectivity index (χ3n) is 1.96. The first-order valence-corrected chi connectivity index (χ1v) is 4.62. The fourth-order valence-corrected chi connectivity index (χ4v) is 1.27. The van der Waals surface area contributed by atoms with Crippen molar-refractivity contribution in [3.8, 4) is 0 Å². The Bertz CT molecular complexity index is 482. The molecule has 7 heteroatoms. The number of pyridine rings is 1. The van der Waals surface area contributed by atoms with Gasteiger partial charge in [0.2, 0.25) is 0 Å². The van der Waals surface area contributed by atoms with Crippen LogP contribution in [0.5, 0.6) is 0 Å². The summed E-state index contributed by atoms with van der Waals surface area (Å²) in [7, 11) is 0. The Morgan fingerprint density at radius 1 is 1.44 bits per heavy atom. The largest absolute Gasteiger partial charge is 0.480 e. The molecule has 16 heavy (non-hydrogen) atoms. The molecule has 0 bridgehead atoms. The lowest BCUT2D eigenvalue weighted by Gasteiger charge is -2.00. The number of hydrogen-bond acceptors (Lipinski definition) is 5. The number of hydrogen-bond donors (Lipinski definition) is 1. The van der Waals surface area contributed by atoms with E-state index in [4.69, 9.17) is 5.11 Å². The van der Waals surface area contributed by atoms with Crippen LogP contribution in [0.2, 0.25) is 0 Å². The molecule has 2 aromatic rings. The Kier molecular flexibility index (Phi) is 2.86. The predicted molar refractivity (Wildman–Crippen MR) is 52.5 cm³/mol. The summed E-state index contributed by atoms with van der Waals surface area (Å²) in [6.45, 7) is -0.241. The Labute approximate surface area is 90.7 Å². The summed E-state index contributed by atoms with van der Waals surface area (Å²) in [4.78, 5) is 14.7. The smallest absolute Gasteiger partial charge is 0.325 e. The molecule has 0 fully saturated rings. The summed E-state index contributed by atoms with van der Waals surface area (Å²) >= 11 is 0. The van der Waals surface area contributed by atoms with E-state index in [1.54, 1.807) is 6.20 Å². The first-order valence-electron chi connectivity index (χ1n) is 4.62. The zero-order valence-corrected chi connectivity index (χ0v) is 8.32. The van der Waals surface area contributed by atoms with Gasteiger partial charge in [-0.3, -0.25) is 9.78 Å². The molecule has 1 N–H and O–H groups in total. The lowest BCUT2D eigenvalue weighted by atomic mass is 10.2. The number of aliphatic carboxylic acids is 1. The van der Waals surface area contributed by atoms with Crippen LogP contribution in [0.25, 0.3) is 0 Å². The molecule has 0 unspecified atom stereocenters. The molecule has 0 spiro atoms. The number of nitrogens with zero attached hydrogens (tertiary/aromatic N) is 5. The van der Waals surface area contributed by atoms with Gasteiger partial charge in [0.1, 0.15) is 6.54 Å². The molecule has 0 aliphatic rings. The third-order valence-corrected chi connectivity index (χ3v) is 1.96. The highest BCUT2D eigenvalue weighted by Gasteiger charge is 2.10. The molecule has 0 aromatic carbocycles. The highest BCUT2D eigenvalue weighted by atomic mass is 16.4. The van der Waals surface area contributed by atoms with Crippen LogP contribution >= 0.6 is 0 Å². The van der Waals surface area contributed by atoms with Crippen molar-refractivity contribution in [3.63, 3.8) is 0 Å². The predicted octanol–water partition coefficient (Wildman–Crippen LogP) is -0.257. The van der Waals surface area contributed by atoms with E-state index < -0.39 is 5.97 Å². The fourth-order valence-electron chi connectivity index (χ4n) is 1.27. The Balaban J connectivity index is 2.16. The molecular formula is C9H9N5O2. The molecule has 0 aliphatic heterocycles. The summed E-state index contributed by atoms with van der Waals surface area (Å²) in [5.41, 5.74) is 0.795. The Morgan fingerprint density at radius 3 is 3.00 bits per heavy atom. The maximum absolute atomic E-state index is 10.5. The summed E-state index contributed by atoms with van der Waals surface area (Å²) in [6, 6.07) is 5.50. The molecule has 2 heterocycles. The SMILES string of the molecule is O=C(O)Cn1nnnc1Cc1ccccn1. The van der Waals surface area contributed by atoms with Gasteiger partial charge in [-0.1, -0.05) is 6.07 Å². The summed E-state index contributed by atoms with van der Waals surface area (Å²) in [5.74, 6) is -0.490. The van der Waals surface area contributed by atoms with Gasteiger partial charge in [0, 0.05) is 11.9 Å². The molecule has 7 nitrogen and oxygen atoms in total. The van der Waals surface area contributed by atoms with Gasteiger partial charge >= 0.3 is 5.97 Å². The lowest BCUT2D eigenvalue weighted by molar-refractivity contribution is -0.138. The van der Waals surface area contributed by atoms with E-state index in [1.807, 2.05) is 18.2 Å². The van der Waals surface area contributed by atoms with Gasteiger partial charge in [-0.15, -0.1) is 5.10 Å². The zero-order valence-electron chi connectivity index (χ0n) is 8.32. The highest BCUT2D eigenvalue weighted by Crippen LogP contribution is 2.02. The van der Waals surface area contributed by atoms with Crippen molar-refractivity contribution in [2.75, 3.05) is 0 Å². The number of tetrazole rings is 1. The molecule has 0 atom stereocenters. The highest BCUT2D eigenvalue weighted by molar-refractivity contribution is 5.66. The van der Waals surface area contributed by atoms with Crippen molar-refractivity contribution in [2.24, 2.45) is 0 Å². The minimum absolute atomic E-state index is 0.241. The number of rotatable bonds is 4. The van der Waals surface area contributed by atoms with E-state index in [0.717, 1.165) is 5.69 Å². The first-order chi connectivity index (χ1) is 7.75. The minimum atomic E-state index is -0.977.